The molecule has 0 aliphatic carbocycles. The Morgan fingerprint density at radius 1 is 0.931 bits per heavy atom. The van der Waals surface area contributed by atoms with E-state index in [2.05, 4.69) is 4.98 Å². The van der Waals surface area contributed by atoms with Gasteiger partial charge in [-0.05, 0) is 11.1 Å². The zero-order valence-electron chi connectivity index (χ0n) is 15.1. The molecule has 3 N–H and O–H groups in total. The second kappa shape index (κ2) is 7.12. The fourth-order valence-electron chi connectivity index (χ4n) is 3.26. The van der Waals surface area contributed by atoms with E-state index in [0.717, 1.165) is 10.5 Å². The van der Waals surface area contributed by atoms with Gasteiger partial charge in [0, 0.05) is 17.7 Å². The number of benzene rings is 2. The standard InChI is InChI=1S/C22H16N2O5/c25-16-11-17-23-21(15-4-2-1-3-5-15)20(22(29)24(17)18(26)12-16)14-8-6-13(7-9-14)10-19(27)28/h1-9,11-12,25-26H,10H2,(H,27,28). The predicted molar refractivity (Wildman–Crippen MR) is 107 cm³/mol. The number of aromatic hydroxyl groups is 2. The number of nitrogens with zero attached hydrogens (tertiary/aromatic N) is 2. The number of hydrogen-bond donors (Lipinski definition) is 3. The van der Waals surface area contributed by atoms with Crippen molar-refractivity contribution >= 4 is 11.6 Å². The Bertz CT molecular complexity index is 1280. The van der Waals surface area contributed by atoms with Crippen LogP contribution in [0.5, 0.6) is 11.6 Å². The second-order valence-corrected chi connectivity index (χ2v) is 6.54. The number of carbonyl (C=O) groups is 1. The molecule has 0 unspecified atom stereocenters. The van der Waals surface area contributed by atoms with Crippen molar-refractivity contribution in [1.29, 1.82) is 0 Å². The van der Waals surface area contributed by atoms with Crippen LogP contribution >= 0.6 is 0 Å². The average Bonchev–Trinajstić information content (AvgIpc) is 2.68. The van der Waals surface area contributed by atoms with Crippen LogP contribution in [0.4, 0.5) is 0 Å². The van der Waals surface area contributed by atoms with Gasteiger partial charge in [0.1, 0.15) is 11.4 Å². The topological polar surface area (TPSA) is 112 Å². The van der Waals surface area contributed by atoms with Crippen molar-refractivity contribution in [3.8, 4) is 34.0 Å². The molecule has 0 fully saturated rings. The number of carboxylic acids is 1. The Balaban J connectivity index is 2.02. The molecule has 0 spiro atoms. The maximum absolute atomic E-state index is 13.3. The van der Waals surface area contributed by atoms with Crippen molar-refractivity contribution in [3.05, 3.63) is 82.6 Å². The van der Waals surface area contributed by atoms with Crippen LogP contribution in [0.25, 0.3) is 28.0 Å². The molecule has 144 valence electrons. The van der Waals surface area contributed by atoms with Gasteiger partial charge in [-0.1, -0.05) is 54.6 Å². The van der Waals surface area contributed by atoms with E-state index in [1.54, 1.807) is 24.3 Å². The molecule has 0 aliphatic heterocycles. The highest BCUT2D eigenvalue weighted by Crippen LogP contribution is 2.30. The monoisotopic (exact) mass is 388 g/mol. The molecular weight excluding hydrogens is 372 g/mol. The average molecular weight is 388 g/mol. The minimum absolute atomic E-state index is 0.109. The third kappa shape index (κ3) is 3.41. The summed E-state index contributed by atoms with van der Waals surface area (Å²) in [6, 6.07) is 18.1. The molecule has 0 saturated heterocycles. The van der Waals surface area contributed by atoms with Crippen LogP contribution in [0.2, 0.25) is 0 Å². The van der Waals surface area contributed by atoms with Crippen molar-refractivity contribution in [2.45, 2.75) is 6.42 Å². The molecule has 0 radical (unpaired) electrons. The van der Waals surface area contributed by atoms with Crippen molar-refractivity contribution in [1.82, 2.24) is 9.38 Å². The number of hydrogen-bond acceptors (Lipinski definition) is 5. The first-order valence-electron chi connectivity index (χ1n) is 8.79. The van der Waals surface area contributed by atoms with E-state index in [9.17, 15) is 19.8 Å². The lowest BCUT2D eigenvalue weighted by molar-refractivity contribution is -0.136. The zero-order valence-corrected chi connectivity index (χ0v) is 15.1. The lowest BCUT2D eigenvalue weighted by atomic mass is 9.98. The Morgan fingerprint density at radius 2 is 1.62 bits per heavy atom. The first-order valence-corrected chi connectivity index (χ1v) is 8.79. The number of aliphatic carboxylic acids is 1. The minimum atomic E-state index is -0.945. The molecule has 0 aliphatic rings. The van der Waals surface area contributed by atoms with E-state index in [4.69, 9.17) is 5.11 Å². The van der Waals surface area contributed by atoms with E-state index in [1.165, 1.54) is 6.07 Å². The van der Waals surface area contributed by atoms with Crippen LogP contribution in [0.15, 0.2) is 71.5 Å². The van der Waals surface area contributed by atoms with Crippen LogP contribution in [-0.4, -0.2) is 30.7 Å². The van der Waals surface area contributed by atoms with Gasteiger partial charge in [-0.3, -0.25) is 9.59 Å². The molecular formula is C22H16N2O5. The van der Waals surface area contributed by atoms with Gasteiger partial charge in [0.15, 0.2) is 0 Å². The maximum atomic E-state index is 13.3. The summed E-state index contributed by atoms with van der Waals surface area (Å²) < 4.78 is 1.02. The van der Waals surface area contributed by atoms with Crippen LogP contribution in [-0.2, 0) is 11.2 Å². The summed E-state index contributed by atoms with van der Waals surface area (Å²) in [7, 11) is 0. The van der Waals surface area contributed by atoms with E-state index in [1.807, 2.05) is 30.3 Å². The Labute approximate surface area is 164 Å². The third-order valence-corrected chi connectivity index (χ3v) is 4.54. The molecule has 0 atom stereocenters. The summed E-state index contributed by atoms with van der Waals surface area (Å²) in [5.74, 6) is -1.58. The fraction of sp³-hybridized carbons (Fsp3) is 0.0455. The number of aromatic nitrogens is 2. The number of pyridine rings is 1. The van der Waals surface area contributed by atoms with Gasteiger partial charge >= 0.3 is 5.97 Å². The summed E-state index contributed by atoms with van der Waals surface area (Å²) in [4.78, 5) is 28.7. The summed E-state index contributed by atoms with van der Waals surface area (Å²) in [6.45, 7) is 0. The highest BCUT2D eigenvalue weighted by molar-refractivity contribution is 5.82. The summed E-state index contributed by atoms with van der Waals surface area (Å²) >= 11 is 0. The molecule has 2 heterocycles. The molecule has 7 nitrogen and oxygen atoms in total. The number of fused-ring (bicyclic) bond motifs is 1. The van der Waals surface area contributed by atoms with Crippen LogP contribution in [0.1, 0.15) is 5.56 Å². The molecule has 7 heteroatoms. The SMILES string of the molecule is O=C(O)Cc1ccc(-c2c(-c3ccccc3)nc3cc(O)cc(O)n3c2=O)cc1. The molecule has 4 aromatic rings. The molecule has 0 bridgehead atoms. The Morgan fingerprint density at radius 3 is 2.28 bits per heavy atom. The van der Waals surface area contributed by atoms with Crippen molar-refractivity contribution in [3.63, 3.8) is 0 Å². The Kier molecular flexibility index (Phi) is 4.48. The Hall–Kier alpha value is -4.13. The van der Waals surface area contributed by atoms with Gasteiger partial charge in [-0.25, -0.2) is 9.38 Å². The van der Waals surface area contributed by atoms with Crippen LogP contribution < -0.4 is 5.56 Å². The van der Waals surface area contributed by atoms with Gasteiger partial charge in [0.05, 0.1) is 17.7 Å². The summed E-state index contributed by atoms with van der Waals surface area (Å²) in [5.41, 5.74) is 2.10. The normalized spacial score (nSPS) is 10.9. The largest absolute Gasteiger partial charge is 0.508 e. The number of carboxylic acid groups (broad SMARTS) is 1. The first-order chi connectivity index (χ1) is 13.9. The zero-order chi connectivity index (χ0) is 20.5. The lowest BCUT2D eigenvalue weighted by Gasteiger charge is -2.13. The van der Waals surface area contributed by atoms with E-state index in [0.29, 0.717) is 22.4 Å². The van der Waals surface area contributed by atoms with Gasteiger partial charge in [-0.2, -0.15) is 0 Å². The number of rotatable bonds is 4. The van der Waals surface area contributed by atoms with Gasteiger partial charge < -0.3 is 15.3 Å². The van der Waals surface area contributed by atoms with Gasteiger partial charge in [0.25, 0.3) is 5.56 Å². The highest BCUT2D eigenvalue weighted by Gasteiger charge is 2.18. The van der Waals surface area contributed by atoms with Crippen molar-refractivity contribution in [2.75, 3.05) is 0 Å². The van der Waals surface area contributed by atoms with Crippen LogP contribution in [0, 0.1) is 0 Å². The fourth-order valence-corrected chi connectivity index (χ4v) is 3.26. The summed E-state index contributed by atoms with van der Waals surface area (Å²) in [5, 5.41) is 28.9. The smallest absolute Gasteiger partial charge is 0.307 e. The van der Waals surface area contributed by atoms with Gasteiger partial charge in [-0.15, -0.1) is 0 Å². The molecule has 29 heavy (non-hydrogen) atoms. The van der Waals surface area contributed by atoms with E-state index in [-0.39, 0.29) is 23.4 Å². The highest BCUT2D eigenvalue weighted by atomic mass is 16.4. The second-order valence-electron chi connectivity index (χ2n) is 6.54. The molecule has 0 saturated carbocycles. The molecule has 2 aromatic heterocycles. The molecule has 2 aromatic carbocycles. The maximum Gasteiger partial charge on any atom is 0.307 e. The van der Waals surface area contributed by atoms with Crippen molar-refractivity contribution in [2.24, 2.45) is 0 Å². The quantitative estimate of drug-likeness (QED) is 0.495. The predicted octanol–water partition coefficient (Wildman–Crippen LogP) is 3.07. The third-order valence-electron chi connectivity index (χ3n) is 4.54. The molecule has 4 rings (SSSR count). The van der Waals surface area contributed by atoms with E-state index < -0.39 is 17.4 Å². The van der Waals surface area contributed by atoms with Crippen LogP contribution in [0.3, 0.4) is 0 Å². The summed E-state index contributed by atoms with van der Waals surface area (Å²) in [6.07, 6.45) is -0.124. The lowest BCUT2D eigenvalue weighted by Crippen LogP contribution is -2.19. The van der Waals surface area contributed by atoms with Gasteiger partial charge in [0.2, 0.25) is 5.88 Å². The minimum Gasteiger partial charge on any atom is -0.508 e. The van der Waals surface area contributed by atoms with E-state index >= 15 is 0 Å². The first kappa shape index (κ1) is 18.2. The van der Waals surface area contributed by atoms with Crippen molar-refractivity contribution < 1.29 is 20.1 Å². The molecule has 0 amide bonds.